The molecule has 0 saturated carbocycles. The molecule has 3 rings (SSSR count). The average molecular weight is 279 g/mol. The molecule has 21 heavy (non-hydrogen) atoms. The van der Waals surface area contributed by atoms with Gasteiger partial charge in [-0.3, -0.25) is 4.79 Å². The smallest absolute Gasteiger partial charge is 0.231 e. The molecule has 0 bridgehead atoms. The van der Waals surface area contributed by atoms with Crippen molar-refractivity contribution in [2.24, 2.45) is 0 Å². The Hall–Kier alpha value is -2.80. The van der Waals surface area contributed by atoms with Gasteiger partial charge in [0.1, 0.15) is 5.92 Å². The second-order valence-corrected chi connectivity index (χ2v) is 4.91. The molecule has 1 aliphatic rings. The molecule has 1 heterocycles. The third-order valence-corrected chi connectivity index (χ3v) is 3.46. The predicted octanol–water partition coefficient (Wildman–Crippen LogP) is 3.21. The van der Waals surface area contributed by atoms with Crippen LogP contribution in [0.1, 0.15) is 27.4 Å². The zero-order valence-corrected chi connectivity index (χ0v) is 11.5. The summed E-state index contributed by atoms with van der Waals surface area (Å²) < 4.78 is 10.5. The molecular weight excluding hydrogens is 266 g/mol. The highest BCUT2D eigenvalue weighted by atomic mass is 16.7. The molecule has 0 N–H and O–H groups in total. The number of fused-ring (bicyclic) bond motifs is 1. The predicted molar refractivity (Wildman–Crippen MR) is 76.4 cm³/mol. The Balaban J connectivity index is 1.93. The van der Waals surface area contributed by atoms with Crippen molar-refractivity contribution in [1.29, 1.82) is 5.26 Å². The van der Waals surface area contributed by atoms with Gasteiger partial charge in [0.05, 0.1) is 6.07 Å². The lowest BCUT2D eigenvalue weighted by atomic mass is 9.91. The van der Waals surface area contributed by atoms with Crippen molar-refractivity contribution in [2.75, 3.05) is 6.79 Å². The number of nitriles is 1. The quantitative estimate of drug-likeness (QED) is 0.809. The molecule has 2 aromatic rings. The Morgan fingerprint density at radius 2 is 1.86 bits per heavy atom. The number of rotatable bonds is 3. The first kappa shape index (κ1) is 13.2. The first-order chi connectivity index (χ1) is 10.2. The van der Waals surface area contributed by atoms with Gasteiger partial charge in [0.15, 0.2) is 17.3 Å². The number of aryl methyl sites for hydroxylation is 1. The van der Waals surface area contributed by atoms with Crippen LogP contribution >= 0.6 is 0 Å². The number of carbonyl (C=O) groups excluding carboxylic acids is 1. The minimum absolute atomic E-state index is 0.169. The van der Waals surface area contributed by atoms with Gasteiger partial charge in [-0.05, 0) is 24.6 Å². The molecule has 0 radical (unpaired) electrons. The fraction of sp³-hybridized carbons (Fsp3) is 0.176. The molecule has 2 aromatic carbocycles. The van der Waals surface area contributed by atoms with E-state index in [1.54, 1.807) is 30.3 Å². The van der Waals surface area contributed by atoms with E-state index in [1.165, 1.54) is 0 Å². The van der Waals surface area contributed by atoms with Gasteiger partial charge in [-0.2, -0.15) is 5.26 Å². The molecule has 0 aliphatic carbocycles. The van der Waals surface area contributed by atoms with Crippen molar-refractivity contribution >= 4 is 5.78 Å². The molecule has 4 nitrogen and oxygen atoms in total. The van der Waals surface area contributed by atoms with Gasteiger partial charge in [-0.1, -0.05) is 35.9 Å². The van der Waals surface area contributed by atoms with Gasteiger partial charge in [0, 0.05) is 5.56 Å². The first-order valence-electron chi connectivity index (χ1n) is 6.59. The van der Waals surface area contributed by atoms with E-state index in [4.69, 9.17) is 9.47 Å². The molecule has 4 heteroatoms. The fourth-order valence-corrected chi connectivity index (χ4v) is 2.26. The van der Waals surface area contributed by atoms with Gasteiger partial charge >= 0.3 is 0 Å². The molecule has 0 fully saturated rings. The topological polar surface area (TPSA) is 59.3 Å². The third kappa shape index (κ3) is 2.46. The Morgan fingerprint density at radius 1 is 1.14 bits per heavy atom. The maximum Gasteiger partial charge on any atom is 0.231 e. The van der Waals surface area contributed by atoms with E-state index in [-0.39, 0.29) is 12.6 Å². The molecule has 0 aromatic heterocycles. The van der Waals surface area contributed by atoms with Crippen molar-refractivity contribution in [3.05, 3.63) is 59.2 Å². The molecule has 1 aliphatic heterocycles. The van der Waals surface area contributed by atoms with Crippen molar-refractivity contribution in [3.8, 4) is 17.6 Å². The first-order valence-corrected chi connectivity index (χ1v) is 6.59. The molecule has 0 saturated heterocycles. The summed E-state index contributed by atoms with van der Waals surface area (Å²) in [5.41, 5.74) is 2.22. The Morgan fingerprint density at radius 3 is 2.57 bits per heavy atom. The van der Waals surface area contributed by atoms with Gasteiger partial charge in [-0.15, -0.1) is 0 Å². The zero-order valence-electron chi connectivity index (χ0n) is 11.5. The summed E-state index contributed by atoms with van der Waals surface area (Å²) in [6.45, 7) is 2.12. The second kappa shape index (κ2) is 5.29. The van der Waals surface area contributed by atoms with Crippen LogP contribution in [-0.4, -0.2) is 12.6 Å². The monoisotopic (exact) mass is 279 g/mol. The summed E-state index contributed by atoms with van der Waals surface area (Å²) in [5, 5.41) is 9.37. The van der Waals surface area contributed by atoms with Gasteiger partial charge in [0.25, 0.3) is 0 Å². The summed E-state index contributed by atoms with van der Waals surface area (Å²) in [7, 11) is 0. The number of Topliss-reactive ketones (excluding diaryl/α,β-unsaturated/α-hetero) is 1. The van der Waals surface area contributed by atoms with Gasteiger partial charge < -0.3 is 9.47 Å². The zero-order chi connectivity index (χ0) is 14.8. The summed E-state index contributed by atoms with van der Waals surface area (Å²) in [4.78, 5) is 12.5. The van der Waals surface area contributed by atoms with E-state index in [2.05, 4.69) is 6.07 Å². The van der Waals surface area contributed by atoms with Crippen molar-refractivity contribution in [1.82, 2.24) is 0 Å². The minimum atomic E-state index is -0.845. The lowest BCUT2D eigenvalue weighted by Crippen LogP contribution is -2.11. The molecule has 1 unspecified atom stereocenters. The molecular formula is C17H13NO3. The highest BCUT2D eigenvalue weighted by molar-refractivity contribution is 6.02. The van der Waals surface area contributed by atoms with Crippen LogP contribution < -0.4 is 9.47 Å². The number of nitrogens with zero attached hydrogens (tertiary/aromatic N) is 1. The van der Waals surface area contributed by atoms with Crippen LogP contribution in [0, 0.1) is 18.3 Å². The molecule has 1 atom stereocenters. The lowest BCUT2D eigenvalue weighted by Gasteiger charge is -2.09. The summed E-state index contributed by atoms with van der Waals surface area (Å²) in [5.74, 6) is 0.154. The van der Waals surface area contributed by atoms with Crippen LogP contribution in [0.2, 0.25) is 0 Å². The fourth-order valence-electron chi connectivity index (χ4n) is 2.26. The largest absolute Gasteiger partial charge is 0.454 e. The van der Waals surface area contributed by atoms with Crippen LogP contribution in [0.5, 0.6) is 11.5 Å². The molecule has 0 spiro atoms. The van der Waals surface area contributed by atoms with E-state index in [9.17, 15) is 10.1 Å². The van der Waals surface area contributed by atoms with Crippen molar-refractivity contribution < 1.29 is 14.3 Å². The van der Waals surface area contributed by atoms with Crippen LogP contribution in [0.15, 0.2) is 42.5 Å². The van der Waals surface area contributed by atoms with Crippen molar-refractivity contribution in [2.45, 2.75) is 12.8 Å². The second-order valence-electron chi connectivity index (χ2n) is 4.91. The average Bonchev–Trinajstić information content (AvgIpc) is 2.96. The number of ether oxygens (including phenoxy) is 2. The van der Waals surface area contributed by atoms with Gasteiger partial charge in [-0.25, -0.2) is 0 Å². The highest BCUT2D eigenvalue weighted by Crippen LogP contribution is 2.35. The summed E-state index contributed by atoms with van der Waals surface area (Å²) in [6, 6.07) is 14.4. The number of ketones is 1. The number of hydrogen-bond donors (Lipinski definition) is 0. The third-order valence-electron chi connectivity index (χ3n) is 3.46. The summed E-state index contributed by atoms with van der Waals surface area (Å²) in [6.07, 6.45) is 0. The molecule has 0 amide bonds. The van der Waals surface area contributed by atoms with E-state index in [1.807, 2.05) is 19.1 Å². The minimum Gasteiger partial charge on any atom is -0.454 e. The highest BCUT2D eigenvalue weighted by Gasteiger charge is 2.24. The van der Waals surface area contributed by atoms with E-state index in [0.29, 0.717) is 22.6 Å². The number of carbonyl (C=O) groups is 1. The van der Waals surface area contributed by atoms with Crippen LogP contribution in [-0.2, 0) is 0 Å². The van der Waals surface area contributed by atoms with E-state index in [0.717, 1.165) is 5.56 Å². The lowest BCUT2D eigenvalue weighted by molar-refractivity contribution is 0.0979. The molecule has 104 valence electrons. The Kier molecular flexibility index (Phi) is 3.33. The summed E-state index contributed by atoms with van der Waals surface area (Å²) >= 11 is 0. The standard InChI is InChI=1S/C17H13NO3/c1-11-2-4-12(5-3-11)17(19)14(9-18)13-6-7-15-16(8-13)21-10-20-15/h2-8,14H,10H2,1H3. The van der Waals surface area contributed by atoms with Crippen LogP contribution in [0.4, 0.5) is 0 Å². The van der Waals surface area contributed by atoms with Crippen LogP contribution in [0.25, 0.3) is 0 Å². The Labute approximate surface area is 122 Å². The van der Waals surface area contributed by atoms with Crippen molar-refractivity contribution in [3.63, 3.8) is 0 Å². The number of hydrogen-bond acceptors (Lipinski definition) is 4. The van der Waals surface area contributed by atoms with E-state index < -0.39 is 5.92 Å². The maximum atomic E-state index is 12.5. The normalized spacial score (nSPS) is 13.5. The maximum absolute atomic E-state index is 12.5. The van der Waals surface area contributed by atoms with Gasteiger partial charge in [0.2, 0.25) is 6.79 Å². The SMILES string of the molecule is Cc1ccc(C(=O)C(C#N)c2ccc3c(c2)OCO3)cc1. The Bertz CT molecular complexity index is 729. The van der Waals surface area contributed by atoms with Crippen LogP contribution in [0.3, 0.4) is 0 Å². The number of benzene rings is 2. The van der Waals surface area contributed by atoms with E-state index >= 15 is 0 Å².